The molecule has 170 valence electrons. The molecule has 2 amide bonds. The standard InChI is InChI=1S/C25H24N2O6/c1-29-20-6-2-16(3-7-20)10-19(11-17-4-8-21-23(12-17)32-14-30-21)27-25(28)26-18-5-9-22-24(13-18)33-15-31-22/h2-9,12-13,19H,10-11,14-15H2,1H3,(H2,26,27,28)/t19-/m1/s1. The molecule has 0 saturated heterocycles. The highest BCUT2D eigenvalue weighted by atomic mass is 16.7. The topological polar surface area (TPSA) is 87.3 Å². The molecule has 0 aliphatic carbocycles. The number of urea groups is 1. The molecule has 0 aromatic heterocycles. The summed E-state index contributed by atoms with van der Waals surface area (Å²) < 4.78 is 26.9. The summed E-state index contributed by atoms with van der Waals surface area (Å²) in [6, 6.07) is 18.5. The minimum Gasteiger partial charge on any atom is -0.497 e. The SMILES string of the molecule is COc1ccc(C[C@H](Cc2ccc3c(c2)OCO3)NC(=O)Nc2ccc3c(c2)OCO3)cc1. The van der Waals surface area contributed by atoms with Crippen LogP contribution in [0.25, 0.3) is 0 Å². The third-order valence-electron chi connectivity index (χ3n) is 5.53. The lowest BCUT2D eigenvalue weighted by Gasteiger charge is -2.20. The number of benzene rings is 3. The first-order chi connectivity index (χ1) is 16.2. The number of amides is 2. The van der Waals surface area contributed by atoms with Crippen LogP contribution in [0.1, 0.15) is 11.1 Å². The average molecular weight is 448 g/mol. The fraction of sp³-hybridized carbons (Fsp3) is 0.240. The molecule has 1 atom stereocenters. The van der Waals surface area contributed by atoms with Crippen molar-refractivity contribution < 1.29 is 28.5 Å². The minimum atomic E-state index is -0.298. The molecule has 2 N–H and O–H groups in total. The van der Waals surface area contributed by atoms with Crippen molar-refractivity contribution in [2.24, 2.45) is 0 Å². The quantitative estimate of drug-likeness (QED) is 0.565. The van der Waals surface area contributed by atoms with Crippen LogP contribution in [0.2, 0.25) is 0 Å². The van der Waals surface area contributed by atoms with Crippen LogP contribution in [-0.2, 0) is 12.8 Å². The molecule has 2 aliphatic heterocycles. The van der Waals surface area contributed by atoms with Crippen molar-refractivity contribution in [3.05, 3.63) is 71.8 Å². The highest BCUT2D eigenvalue weighted by Crippen LogP contribution is 2.34. The summed E-state index contributed by atoms with van der Waals surface area (Å²) >= 11 is 0. The smallest absolute Gasteiger partial charge is 0.319 e. The number of fused-ring (bicyclic) bond motifs is 2. The van der Waals surface area contributed by atoms with Crippen molar-refractivity contribution in [1.82, 2.24) is 5.32 Å². The molecule has 0 bridgehead atoms. The first-order valence-electron chi connectivity index (χ1n) is 10.6. The predicted molar refractivity (Wildman–Crippen MR) is 121 cm³/mol. The lowest BCUT2D eigenvalue weighted by Crippen LogP contribution is -2.40. The molecule has 2 aliphatic rings. The fourth-order valence-electron chi connectivity index (χ4n) is 3.90. The van der Waals surface area contributed by atoms with Gasteiger partial charge < -0.3 is 34.3 Å². The minimum absolute atomic E-state index is 0.159. The molecule has 3 aromatic carbocycles. The second-order valence-electron chi connectivity index (χ2n) is 7.81. The predicted octanol–water partition coefficient (Wildman–Crippen LogP) is 4.13. The summed E-state index contributed by atoms with van der Waals surface area (Å²) in [4.78, 5) is 12.8. The van der Waals surface area contributed by atoms with Crippen molar-refractivity contribution in [2.45, 2.75) is 18.9 Å². The lowest BCUT2D eigenvalue weighted by molar-refractivity contribution is 0.173. The molecule has 0 fully saturated rings. The van der Waals surface area contributed by atoms with Gasteiger partial charge in [0.1, 0.15) is 5.75 Å². The molecule has 33 heavy (non-hydrogen) atoms. The van der Waals surface area contributed by atoms with Gasteiger partial charge in [-0.2, -0.15) is 0 Å². The normalized spacial score (nSPS) is 14.0. The highest BCUT2D eigenvalue weighted by molar-refractivity contribution is 5.90. The molecule has 0 unspecified atom stereocenters. The summed E-state index contributed by atoms with van der Waals surface area (Å²) in [5, 5.41) is 5.98. The molecule has 2 heterocycles. The Morgan fingerprint density at radius 2 is 1.42 bits per heavy atom. The molecule has 0 spiro atoms. The molecule has 8 nitrogen and oxygen atoms in total. The molecule has 0 radical (unpaired) electrons. The van der Waals surface area contributed by atoms with Gasteiger partial charge >= 0.3 is 6.03 Å². The highest BCUT2D eigenvalue weighted by Gasteiger charge is 2.19. The van der Waals surface area contributed by atoms with Gasteiger partial charge in [-0.05, 0) is 60.4 Å². The summed E-state index contributed by atoms with van der Waals surface area (Å²) in [5.41, 5.74) is 2.76. The Morgan fingerprint density at radius 1 is 0.818 bits per heavy atom. The van der Waals surface area contributed by atoms with E-state index in [-0.39, 0.29) is 25.7 Å². The van der Waals surface area contributed by atoms with Crippen molar-refractivity contribution in [3.8, 4) is 28.7 Å². The molecule has 0 saturated carbocycles. The van der Waals surface area contributed by atoms with Crippen LogP contribution in [-0.4, -0.2) is 32.8 Å². The van der Waals surface area contributed by atoms with Gasteiger partial charge in [-0.15, -0.1) is 0 Å². The van der Waals surface area contributed by atoms with Crippen LogP contribution in [0.4, 0.5) is 10.5 Å². The van der Waals surface area contributed by atoms with Crippen molar-refractivity contribution in [2.75, 3.05) is 26.0 Å². The third-order valence-corrected chi connectivity index (χ3v) is 5.53. The molecule has 8 heteroatoms. The Balaban J connectivity index is 1.30. The van der Waals surface area contributed by atoms with Crippen LogP contribution in [0.5, 0.6) is 28.7 Å². The maximum Gasteiger partial charge on any atom is 0.319 e. The first-order valence-corrected chi connectivity index (χ1v) is 10.6. The van der Waals surface area contributed by atoms with Crippen molar-refractivity contribution in [3.63, 3.8) is 0 Å². The number of hydrogen-bond donors (Lipinski definition) is 2. The number of rotatable bonds is 7. The Kier molecular flexibility index (Phi) is 5.80. The van der Waals surface area contributed by atoms with Crippen LogP contribution in [0.3, 0.4) is 0 Å². The summed E-state index contributed by atoms with van der Waals surface area (Å²) in [7, 11) is 1.64. The van der Waals surface area contributed by atoms with Gasteiger partial charge in [0, 0.05) is 17.8 Å². The Morgan fingerprint density at radius 3 is 2.15 bits per heavy atom. The van der Waals surface area contributed by atoms with Crippen molar-refractivity contribution >= 4 is 11.7 Å². The summed E-state index contributed by atoms with van der Waals surface area (Å²) in [6.45, 7) is 0.411. The average Bonchev–Trinajstić information content (AvgIpc) is 3.48. The zero-order chi connectivity index (χ0) is 22.6. The van der Waals surface area contributed by atoms with Crippen LogP contribution in [0.15, 0.2) is 60.7 Å². The molecular weight excluding hydrogens is 424 g/mol. The first kappa shape index (κ1) is 20.8. The maximum absolute atomic E-state index is 12.8. The Bertz CT molecular complexity index is 1150. The van der Waals surface area contributed by atoms with Gasteiger partial charge in [0.25, 0.3) is 0 Å². The largest absolute Gasteiger partial charge is 0.497 e. The monoisotopic (exact) mass is 448 g/mol. The van der Waals surface area contributed by atoms with E-state index in [4.69, 9.17) is 23.7 Å². The number of nitrogens with one attached hydrogen (secondary N) is 2. The zero-order valence-electron chi connectivity index (χ0n) is 18.1. The van der Waals surface area contributed by atoms with Crippen LogP contribution >= 0.6 is 0 Å². The second-order valence-corrected chi connectivity index (χ2v) is 7.81. The van der Waals surface area contributed by atoms with Crippen molar-refractivity contribution in [1.29, 1.82) is 0 Å². The van der Waals surface area contributed by atoms with Gasteiger partial charge in [-0.1, -0.05) is 18.2 Å². The van der Waals surface area contributed by atoms with E-state index in [2.05, 4.69) is 10.6 Å². The van der Waals surface area contributed by atoms with E-state index in [1.807, 2.05) is 42.5 Å². The molecule has 3 aromatic rings. The number of ether oxygens (including phenoxy) is 5. The Hall–Kier alpha value is -4.07. The van der Waals surface area contributed by atoms with Gasteiger partial charge in [0.05, 0.1) is 7.11 Å². The van der Waals surface area contributed by atoms with E-state index in [1.54, 1.807) is 25.3 Å². The second kappa shape index (κ2) is 9.20. The lowest BCUT2D eigenvalue weighted by atomic mass is 9.98. The molecule has 5 rings (SSSR count). The summed E-state index contributed by atoms with van der Waals surface area (Å²) in [6.07, 6.45) is 1.27. The van der Waals surface area contributed by atoms with E-state index >= 15 is 0 Å². The van der Waals surface area contributed by atoms with E-state index < -0.39 is 0 Å². The molecular formula is C25H24N2O6. The number of hydrogen-bond acceptors (Lipinski definition) is 6. The Labute approximate surface area is 191 Å². The number of anilines is 1. The van der Waals surface area contributed by atoms with E-state index in [0.717, 1.165) is 28.4 Å². The van der Waals surface area contributed by atoms with E-state index in [9.17, 15) is 4.79 Å². The van der Waals surface area contributed by atoms with E-state index in [1.165, 1.54) is 0 Å². The third kappa shape index (κ3) is 4.90. The number of carbonyl (C=O) groups is 1. The fourth-order valence-corrected chi connectivity index (χ4v) is 3.90. The zero-order valence-corrected chi connectivity index (χ0v) is 18.1. The van der Waals surface area contributed by atoms with Gasteiger partial charge in [-0.3, -0.25) is 0 Å². The van der Waals surface area contributed by atoms with Crippen LogP contribution < -0.4 is 34.3 Å². The van der Waals surface area contributed by atoms with Gasteiger partial charge in [-0.25, -0.2) is 4.79 Å². The van der Waals surface area contributed by atoms with E-state index in [0.29, 0.717) is 30.0 Å². The van der Waals surface area contributed by atoms with Gasteiger partial charge in [0.15, 0.2) is 23.0 Å². The van der Waals surface area contributed by atoms with Gasteiger partial charge in [0.2, 0.25) is 13.6 Å². The number of carbonyl (C=O) groups excluding carboxylic acids is 1. The van der Waals surface area contributed by atoms with Crippen LogP contribution in [0, 0.1) is 0 Å². The maximum atomic E-state index is 12.8. The number of methoxy groups -OCH3 is 1. The summed E-state index contributed by atoms with van der Waals surface area (Å²) in [5.74, 6) is 3.53.